The van der Waals surface area contributed by atoms with Gasteiger partial charge in [0.1, 0.15) is 12.2 Å². The fraction of sp³-hybridized carbons (Fsp3) is 0.167. The van der Waals surface area contributed by atoms with E-state index in [0.29, 0.717) is 0 Å². The summed E-state index contributed by atoms with van der Waals surface area (Å²) < 4.78 is 6.75. The summed E-state index contributed by atoms with van der Waals surface area (Å²) in [4.78, 5) is 0. The first-order valence-electron chi connectivity index (χ1n) is 8.83. The molecular weight excluding hydrogens is 304 g/mol. The Labute approximate surface area is 149 Å². The van der Waals surface area contributed by atoms with Crippen LogP contribution in [0.25, 0.3) is 12.2 Å². The molecule has 4 rings (SSSR count). The van der Waals surface area contributed by atoms with Gasteiger partial charge in [-0.15, -0.1) is 0 Å². The van der Waals surface area contributed by atoms with E-state index in [4.69, 9.17) is 4.74 Å². The summed E-state index contributed by atoms with van der Waals surface area (Å²) in [5.41, 5.74) is 7.36. The van der Waals surface area contributed by atoms with E-state index in [1.54, 1.807) is 0 Å². The number of hydrogen-bond donors (Lipinski definition) is 0. The first-order chi connectivity index (χ1) is 12.3. The average molecular weight is 326 g/mol. The van der Waals surface area contributed by atoms with Crippen molar-refractivity contribution in [2.24, 2.45) is 0 Å². The molecule has 0 bridgehead atoms. The van der Waals surface area contributed by atoms with Crippen LogP contribution in [0.4, 0.5) is 0 Å². The molecule has 0 saturated heterocycles. The second kappa shape index (κ2) is 6.70. The van der Waals surface area contributed by atoms with Gasteiger partial charge in [-0.25, -0.2) is 0 Å². The molecule has 0 amide bonds. The van der Waals surface area contributed by atoms with Crippen LogP contribution in [0.3, 0.4) is 0 Å². The lowest BCUT2D eigenvalue weighted by Crippen LogP contribution is -2.18. The molecule has 0 N–H and O–H groups in total. The van der Waals surface area contributed by atoms with Gasteiger partial charge in [0.05, 0.1) is 0 Å². The van der Waals surface area contributed by atoms with E-state index in [9.17, 15) is 0 Å². The molecule has 2 atom stereocenters. The zero-order valence-electron chi connectivity index (χ0n) is 14.6. The molecule has 2 aliphatic carbocycles. The first-order valence-corrected chi connectivity index (χ1v) is 8.83. The standard InChI is InChI=1S/C24H22O/c1-3-17-13-15-19-9-5-7-11-21(19)23(17)25-24-18(4-2)14-16-20-10-6-8-12-22(20)24/h3-16,23-24H,1-2H3. The molecule has 1 nitrogen and oxygen atoms in total. The van der Waals surface area contributed by atoms with E-state index < -0.39 is 0 Å². The van der Waals surface area contributed by atoms with Crippen LogP contribution in [-0.2, 0) is 4.74 Å². The van der Waals surface area contributed by atoms with Crippen molar-refractivity contribution in [1.82, 2.24) is 0 Å². The summed E-state index contributed by atoms with van der Waals surface area (Å²) in [7, 11) is 0. The minimum Gasteiger partial charge on any atom is -0.356 e. The lowest BCUT2D eigenvalue weighted by molar-refractivity contribution is 0.0288. The molecule has 2 aromatic carbocycles. The van der Waals surface area contributed by atoms with Crippen molar-refractivity contribution >= 4 is 12.2 Å². The maximum Gasteiger partial charge on any atom is 0.109 e. The molecule has 1 heteroatoms. The largest absolute Gasteiger partial charge is 0.356 e. The molecule has 0 saturated carbocycles. The normalized spacial score (nSPS) is 24.4. The van der Waals surface area contributed by atoms with E-state index in [1.165, 1.54) is 33.4 Å². The van der Waals surface area contributed by atoms with Crippen LogP contribution >= 0.6 is 0 Å². The van der Waals surface area contributed by atoms with E-state index >= 15 is 0 Å². The van der Waals surface area contributed by atoms with Gasteiger partial charge in [0.15, 0.2) is 0 Å². The fourth-order valence-electron chi connectivity index (χ4n) is 3.64. The van der Waals surface area contributed by atoms with Crippen molar-refractivity contribution in [2.45, 2.75) is 26.1 Å². The highest BCUT2D eigenvalue weighted by Crippen LogP contribution is 2.43. The zero-order valence-corrected chi connectivity index (χ0v) is 14.6. The van der Waals surface area contributed by atoms with Crippen LogP contribution in [0.5, 0.6) is 0 Å². The lowest BCUT2D eigenvalue weighted by Gasteiger charge is -2.32. The SMILES string of the molecule is CC=C1C=Cc2ccccc2C1OC1C(=CC)C=Cc2ccccc21. The highest BCUT2D eigenvalue weighted by Gasteiger charge is 2.29. The van der Waals surface area contributed by atoms with E-state index in [1.807, 2.05) is 0 Å². The van der Waals surface area contributed by atoms with Crippen LogP contribution in [0.1, 0.15) is 48.3 Å². The summed E-state index contributed by atoms with van der Waals surface area (Å²) in [5.74, 6) is 0. The molecule has 0 fully saturated rings. The number of allylic oxidation sites excluding steroid dienone is 2. The van der Waals surface area contributed by atoms with Gasteiger partial charge in [-0.2, -0.15) is 0 Å². The van der Waals surface area contributed by atoms with Crippen molar-refractivity contribution in [1.29, 1.82) is 0 Å². The molecule has 0 heterocycles. The highest BCUT2D eigenvalue weighted by molar-refractivity contribution is 5.65. The third kappa shape index (κ3) is 2.81. The predicted octanol–water partition coefficient (Wildman–Crippen LogP) is 6.43. The summed E-state index contributed by atoms with van der Waals surface area (Å²) in [6.45, 7) is 4.16. The number of hydrogen-bond acceptors (Lipinski definition) is 1. The molecule has 0 aromatic heterocycles. The van der Waals surface area contributed by atoms with Crippen LogP contribution in [-0.4, -0.2) is 0 Å². The molecule has 2 unspecified atom stereocenters. The number of benzene rings is 2. The minimum atomic E-state index is -0.0503. The van der Waals surface area contributed by atoms with Crippen LogP contribution < -0.4 is 0 Å². The van der Waals surface area contributed by atoms with Crippen LogP contribution in [0.2, 0.25) is 0 Å². The van der Waals surface area contributed by atoms with Gasteiger partial charge in [-0.1, -0.05) is 85.0 Å². The molecule has 2 aliphatic rings. The van der Waals surface area contributed by atoms with E-state index in [2.05, 4.69) is 98.8 Å². The summed E-state index contributed by atoms with van der Waals surface area (Å²) >= 11 is 0. The summed E-state index contributed by atoms with van der Waals surface area (Å²) in [6, 6.07) is 17.0. The molecule has 2 aromatic rings. The van der Waals surface area contributed by atoms with Crippen molar-refractivity contribution in [3.05, 3.63) is 106 Å². The summed E-state index contributed by atoms with van der Waals surface area (Å²) in [5, 5.41) is 0. The van der Waals surface area contributed by atoms with Crippen molar-refractivity contribution < 1.29 is 4.74 Å². The molecular formula is C24H22O. The molecule has 25 heavy (non-hydrogen) atoms. The van der Waals surface area contributed by atoms with Crippen molar-refractivity contribution in [3.8, 4) is 0 Å². The Morgan fingerprint density at radius 3 is 1.52 bits per heavy atom. The van der Waals surface area contributed by atoms with E-state index in [-0.39, 0.29) is 12.2 Å². The molecule has 0 aliphatic heterocycles. The summed E-state index contributed by atoms with van der Waals surface area (Å²) in [6.07, 6.45) is 12.9. The van der Waals surface area contributed by atoms with Gasteiger partial charge in [0.2, 0.25) is 0 Å². The Morgan fingerprint density at radius 2 is 1.08 bits per heavy atom. The second-order valence-corrected chi connectivity index (χ2v) is 6.40. The predicted molar refractivity (Wildman–Crippen MR) is 105 cm³/mol. The molecule has 0 spiro atoms. The van der Waals surface area contributed by atoms with Crippen molar-refractivity contribution in [3.63, 3.8) is 0 Å². The minimum absolute atomic E-state index is 0.0503. The molecule has 124 valence electrons. The Bertz CT molecular complexity index is 836. The smallest absolute Gasteiger partial charge is 0.109 e. The quantitative estimate of drug-likeness (QED) is 0.617. The zero-order chi connectivity index (χ0) is 17.2. The lowest BCUT2D eigenvalue weighted by atomic mass is 9.88. The van der Waals surface area contributed by atoms with Crippen LogP contribution in [0, 0.1) is 0 Å². The van der Waals surface area contributed by atoms with Gasteiger partial charge in [-0.3, -0.25) is 0 Å². The number of fused-ring (bicyclic) bond motifs is 2. The van der Waals surface area contributed by atoms with Crippen LogP contribution in [0.15, 0.2) is 84.0 Å². The van der Waals surface area contributed by atoms with Gasteiger partial charge in [-0.05, 0) is 47.2 Å². The second-order valence-electron chi connectivity index (χ2n) is 6.40. The maximum absolute atomic E-state index is 6.75. The van der Waals surface area contributed by atoms with Crippen molar-refractivity contribution in [2.75, 3.05) is 0 Å². The third-order valence-electron chi connectivity index (χ3n) is 5.01. The third-order valence-corrected chi connectivity index (χ3v) is 5.01. The average Bonchev–Trinajstić information content (AvgIpc) is 2.68. The van der Waals surface area contributed by atoms with Gasteiger partial charge in [0, 0.05) is 0 Å². The number of rotatable bonds is 2. The Kier molecular flexibility index (Phi) is 4.25. The maximum atomic E-state index is 6.75. The van der Waals surface area contributed by atoms with Gasteiger partial charge >= 0.3 is 0 Å². The Hall–Kier alpha value is -2.64. The van der Waals surface area contributed by atoms with Gasteiger partial charge in [0.25, 0.3) is 0 Å². The highest BCUT2D eigenvalue weighted by atomic mass is 16.5. The number of ether oxygens (including phenoxy) is 1. The topological polar surface area (TPSA) is 9.23 Å². The Balaban J connectivity index is 1.78. The Morgan fingerprint density at radius 1 is 0.640 bits per heavy atom. The monoisotopic (exact) mass is 326 g/mol. The van der Waals surface area contributed by atoms with E-state index in [0.717, 1.165) is 0 Å². The first kappa shape index (κ1) is 15.9. The fourth-order valence-corrected chi connectivity index (χ4v) is 3.64. The molecule has 0 radical (unpaired) electrons. The van der Waals surface area contributed by atoms with Gasteiger partial charge < -0.3 is 4.74 Å².